The molecule has 148 valence electrons. The van der Waals surface area contributed by atoms with Crippen LogP contribution in [0, 0.1) is 0 Å². The molecule has 1 unspecified atom stereocenters. The molecule has 1 fully saturated rings. The van der Waals surface area contributed by atoms with E-state index in [2.05, 4.69) is 29.6 Å². The number of carbonyl (C=O) groups excluding carboxylic acids is 2. The smallest absolute Gasteiger partial charge is 0.286 e. The Labute approximate surface area is 177 Å². The lowest BCUT2D eigenvalue weighted by Gasteiger charge is -2.14. The molecule has 0 spiro atoms. The first kappa shape index (κ1) is 18.6. The average Bonchev–Trinajstić information content (AvgIpc) is 3.31. The van der Waals surface area contributed by atoms with Crippen LogP contribution in [0.5, 0.6) is 0 Å². The first-order valence-corrected chi connectivity index (χ1v) is 10.6. The highest BCUT2D eigenvalue weighted by molar-refractivity contribution is 8.15. The number of nitrogens with one attached hydrogen (secondary N) is 1. The van der Waals surface area contributed by atoms with Crippen LogP contribution in [-0.2, 0) is 11.2 Å². The molecule has 4 aromatic rings. The number of benzene rings is 3. The molecule has 0 radical (unpaired) electrons. The van der Waals surface area contributed by atoms with Gasteiger partial charge in [-0.2, -0.15) is 0 Å². The molecule has 3 aromatic carbocycles. The van der Waals surface area contributed by atoms with Gasteiger partial charge in [-0.05, 0) is 35.2 Å². The minimum Gasteiger partial charge on any atom is -0.440 e. The minimum atomic E-state index is -0.400. The van der Waals surface area contributed by atoms with Gasteiger partial charge >= 0.3 is 0 Å². The fourth-order valence-corrected chi connectivity index (χ4v) is 4.61. The first-order chi connectivity index (χ1) is 14.7. The Morgan fingerprint density at radius 3 is 2.20 bits per heavy atom. The van der Waals surface area contributed by atoms with Crippen LogP contribution in [0.1, 0.15) is 28.5 Å². The normalized spacial score (nSPS) is 16.4. The highest BCUT2D eigenvalue weighted by Crippen LogP contribution is 2.33. The van der Waals surface area contributed by atoms with E-state index < -0.39 is 5.25 Å². The van der Waals surface area contributed by atoms with Gasteiger partial charge in [0.1, 0.15) is 5.52 Å². The summed E-state index contributed by atoms with van der Waals surface area (Å²) in [6, 6.07) is 26.1. The number of hydrogen-bond donors (Lipinski definition) is 1. The molecule has 1 aliphatic rings. The molecular weight excluding hydrogens is 396 g/mol. The zero-order chi connectivity index (χ0) is 20.5. The summed E-state index contributed by atoms with van der Waals surface area (Å²) in [6.45, 7) is 0. The lowest BCUT2D eigenvalue weighted by Crippen LogP contribution is -2.25. The Balaban J connectivity index is 1.51. The van der Waals surface area contributed by atoms with E-state index in [0.717, 1.165) is 34.0 Å². The van der Waals surface area contributed by atoms with Gasteiger partial charge in [0.2, 0.25) is 11.8 Å². The Hall–Kier alpha value is -3.38. The maximum Gasteiger partial charge on any atom is 0.286 e. The van der Waals surface area contributed by atoms with Crippen molar-refractivity contribution in [3.63, 3.8) is 0 Å². The van der Waals surface area contributed by atoms with Crippen molar-refractivity contribution in [2.45, 2.75) is 17.6 Å². The molecule has 30 heavy (non-hydrogen) atoms. The van der Waals surface area contributed by atoms with Crippen LogP contribution in [0.25, 0.3) is 11.1 Å². The fraction of sp³-hybridized carbons (Fsp3) is 0.125. The Kier molecular flexibility index (Phi) is 4.85. The number of amides is 2. The third kappa shape index (κ3) is 3.62. The van der Waals surface area contributed by atoms with E-state index in [9.17, 15) is 9.59 Å². The third-order valence-electron chi connectivity index (χ3n) is 5.17. The van der Waals surface area contributed by atoms with Gasteiger partial charge in [0, 0.05) is 0 Å². The van der Waals surface area contributed by atoms with Gasteiger partial charge < -0.3 is 4.42 Å². The van der Waals surface area contributed by atoms with Crippen LogP contribution < -0.4 is 5.32 Å². The van der Waals surface area contributed by atoms with Crippen LogP contribution in [-0.4, -0.2) is 21.4 Å². The second-order valence-electron chi connectivity index (χ2n) is 7.20. The zero-order valence-corrected chi connectivity index (χ0v) is 16.8. The van der Waals surface area contributed by atoms with Gasteiger partial charge in [-0.3, -0.25) is 14.9 Å². The number of oxazole rings is 1. The first-order valence-electron chi connectivity index (χ1n) is 9.68. The van der Waals surface area contributed by atoms with Gasteiger partial charge in [-0.25, -0.2) is 4.98 Å². The largest absolute Gasteiger partial charge is 0.440 e. The highest BCUT2D eigenvalue weighted by Gasteiger charge is 2.31. The van der Waals surface area contributed by atoms with Crippen molar-refractivity contribution in [1.82, 2.24) is 10.3 Å². The number of hydrogen-bond acceptors (Lipinski definition) is 5. The summed E-state index contributed by atoms with van der Waals surface area (Å²) in [5, 5.41) is 1.64. The van der Waals surface area contributed by atoms with Crippen LogP contribution >= 0.6 is 11.8 Å². The van der Waals surface area contributed by atoms with E-state index in [-0.39, 0.29) is 17.1 Å². The molecule has 0 saturated carbocycles. The van der Waals surface area contributed by atoms with E-state index in [1.54, 1.807) is 0 Å². The van der Waals surface area contributed by atoms with Gasteiger partial charge in [-0.15, -0.1) is 0 Å². The molecule has 1 saturated heterocycles. The zero-order valence-electron chi connectivity index (χ0n) is 15.9. The number of fused-ring (bicyclic) bond motifs is 1. The van der Waals surface area contributed by atoms with Gasteiger partial charge in [-0.1, -0.05) is 78.5 Å². The molecule has 0 aliphatic carbocycles. The second kappa shape index (κ2) is 7.80. The molecule has 1 atom stereocenters. The summed E-state index contributed by atoms with van der Waals surface area (Å²) in [5.74, 6) is 0.277. The second-order valence-corrected chi connectivity index (χ2v) is 8.37. The monoisotopic (exact) mass is 414 g/mol. The molecule has 0 bridgehead atoms. The van der Waals surface area contributed by atoms with Gasteiger partial charge in [0.25, 0.3) is 5.24 Å². The SMILES string of the molecule is O=C1NC(=O)C(Cc2ccc3oc(C(c4ccccc4)c4ccccc4)nc3c2)S1. The van der Waals surface area contributed by atoms with Crippen LogP contribution in [0.2, 0.25) is 0 Å². The number of thioether (sulfide) groups is 1. The van der Waals surface area contributed by atoms with Crippen LogP contribution in [0.3, 0.4) is 0 Å². The number of rotatable bonds is 5. The Morgan fingerprint density at radius 1 is 0.933 bits per heavy atom. The van der Waals surface area contributed by atoms with Crippen LogP contribution in [0.4, 0.5) is 4.79 Å². The topological polar surface area (TPSA) is 72.2 Å². The van der Waals surface area contributed by atoms with Crippen molar-refractivity contribution >= 4 is 34.0 Å². The van der Waals surface area contributed by atoms with E-state index in [1.807, 2.05) is 54.6 Å². The maximum atomic E-state index is 11.9. The van der Waals surface area contributed by atoms with Gasteiger partial charge in [0.05, 0.1) is 11.2 Å². The quantitative estimate of drug-likeness (QED) is 0.503. The summed E-state index contributed by atoms with van der Waals surface area (Å²) < 4.78 is 6.15. The molecule has 6 heteroatoms. The Bertz CT molecular complexity index is 1180. The van der Waals surface area contributed by atoms with Crippen LogP contribution in [0.15, 0.2) is 83.3 Å². The minimum absolute atomic E-state index is 0.114. The predicted molar refractivity (Wildman–Crippen MR) is 116 cm³/mol. The molecule has 1 aliphatic heterocycles. The highest BCUT2D eigenvalue weighted by atomic mass is 32.2. The van der Waals surface area contributed by atoms with Crippen molar-refractivity contribution in [1.29, 1.82) is 0 Å². The van der Waals surface area contributed by atoms with Crippen molar-refractivity contribution in [2.24, 2.45) is 0 Å². The Morgan fingerprint density at radius 2 is 1.60 bits per heavy atom. The molecule has 5 rings (SSSR count). The summed E-state index contributed by atoms with van der Waals surface area (Å²) in [6.07, 6.45) is 0.473. The molecule has 2 amide bonds. The molecular formula is C24H18N2O3S. The van der Waals surface area contributed by atoms with Gasteiger partial charge in [0.15, 0.2) is 5.58 Å². The maximum absolute atomic E-state index is 11.9. The summed E-state index contributed by atoms with van der Waals surface area (Å²) in [4.78, 5) is 28.1. The lowest BCUT2D eigenvalue weighted by molar-refractivity contribution is -0.118. The van der Waals surface area contributed by atoms with E-state index >= 15 is 0 Å². The summed E-state index contributed by atoms with van der Waals surface area (Å²) >= 11 is 1.04. The molecule has 2 heterocycles. The standard InChI is InChI=1S/C24H18N2O3S/c27-22-20(30-24(28)26-22)14-15-11-12-19-18(13-15)25-23(29-19)21(16-7-3-1-4-8-16)17-9-5-2-6-10-17/h1-13,20-21H,14H2,(H,26,27,28). The summed E-state index contributed by atoms with van der Waals surface area (Å²) in [7, 11) is 0. The van der Waals surface area contributed by atoms with Crippen molar-refractivity contribution in [2.75, 3.05) is 0 Å². The molecule has 1 aromatic heterocycles. The van der Waals surface area contributed by atoms with Crippen molar-refractivity contribution in [3.8, 4) is 0 Å². The number of imide groups is 1. The van der Waals surface area contributed by atoms with E-state index in [4.69, 9.17) is 9.40 Å². The average molecular weight is 414 g/mol. The third-order valence-corrected chi connectivity index (χ3v) is 6.15. The molecule has 1 N–H and O–H groups in total. The van der Waals surface area contributed by atoms with Crippen molar-refractivity contribution in [3.05, 3.63) is 101 Å². The summed E-state index contributed by atoms with van der Waals surface area (Å²) in [5.41, 5.74) is 4.60. The van der Waals surface area contributed by atoms with Crippen molar-refractivity contribution < 1.29 is 14.0 Å². The number of carbonyl (C=O) groups is 2. The predicted octanol–water partition coefficient (Wildman–Crippen LogP) is 4.90. The van der Waals surface area contributed by atoms with E-state index in [0.29, 0.717) is 17.9 Å². The number of aromatic nitrogens is 1. The lowest BCUT2D eigenvalue weighted by atomic mass is 9.91. The van der Waals surface area contributed by atoms with E-state index in [1.165, 1.54) is 0 Å². The number of nitrogens with zero attached hydrogens (tertiary/aromatic N) is 1. The molecule has 5 nitrogen and oxygen atoms in total. The fourth-order valence-electron chi connectivity index (χ4n) is 3.75.